The van der Waals surface area contributed by atoms with Crippen LogP contribution in [0.25, 0.3) is 0 Å². The summed E-state index contributed by atoms with van der Waals surface area (Å²) in [7, 11) is -4.61. The molecule has 0 bridgehead atoms. The Kier molecular flexibility index (Phi) is 2.47. The maximum absolute atomic E-state index is 10.7. The third-order valence-corrected chi connectivity index (χ3v) is 2.24. The van der Waals surface area contributed by atoms with Crippen LogP contribution in [0.15, 0.2) is 18.2 Å². The van der Waals surface area contributed by atoms with E-state index in [0.717, 1.165) is 6.07 Å². The average Bonchev–Trinajstić information content (AvgIpc) is 2.03. The molecule has 1 radical (unpaired) electrons. The first-order chi connectivity index (χ1) is 5.93. The van der Waals surface area contributed by atoms with Crippen LogP contribution in [-0.4, -0.2) is 14.7 Å². The summed E-state index contributed by atoms with van der Waals surface area (Å²) >= 11 is 0. The molecule has 0 spiro atoms. The minimum Gasteiger partial charge on any atom is -0.321 e. The average molecular weight is 202 g/mol. The lowest BCUT2D eigenvalue weighted by atomic mass is 10.3. The van der Waals surface area contributed by atoms with Crippen molar-refractivity contribution in [1.29, 1.82) is 0 Å². The Hall–Kier alpha value is -1.23. The molecule has 0 aliphatic heterocycles. The summed E-state index contributed by atoms with van der Waals surface area (Å²) in [6.07, 6.45) is 0. The summed E-state index contributed by atoms with van der Waals surface area (Å²) in [5.74, 6) is 0. The van der Waals surface area contributed by atoms with E-state index in [1.54, 1.807) is 0 Å². The van der Waals surface area contributed by atoms with Crippen LogP contribution < -0.4 is 5.30 Å². The number of hydrogen-bond acceptors (Lipinski definition) is 3. The molecule has 0 saturated heterocycles. The van der Waals surface area contributed by atoms with Gasteiger partial charge in [-0.2, -0.15) is 0 Å². The van der Waals surface area contributed by atoms with Gasteiger partial charge in [-0.3, -0.25) is 14.7 Å². The topological polar surface area (TPSA) is 101 Å². The van der Waals surface area contributed by atoms with Gasteiger partial charge in [-0.1, -0.05) is 12.1 Å². The van der Waals surface area contributed by atoms with Crippen molar-refractivity contribution in [1.82, 2.24) is 0 Å². The second-order valence-electron chi connectivity index (χ2n) is 2.21. The highest BCUT2D eigenvalue weighted by Crippen LogP contribution is 2.36. The van der Waals surface area contributed by atoms with E-state index < -0.39 is 23.5 Å². The first-order valence-corrected chi connectivity index (χ1v) is 4.75. The monoisotopic (exact) mass is 202 g/mol. The van der Waals surface area contributed by atoms with Gasteiger partial charge in [0.05, 0.1) is 4.92 Å². The first-order valence-electron chi connectivity index (χ1n) is 3.14. The van der Waals surface area contributed by atoms with E-state index in [4.69, 9.17) is 9.79 Å². The van der Waals surface area contributed by atoms with Gasteiger partial charge >= 0.3 is 7.60 Å². The Balaban J connectivity index is 3.37. The van der Waals surface area contributed by atoms with E-state index in [-0.39, 0.29) is 0 Å². The van der Waals surface area contributed by atoms with Gasteiger partial charge in [-0.05, 0) is 0 Å². The van der Waals surface area contributed by atoms with E-state index in [1.807, 2.05) is 0 Å². The summed E-state index contributed by atoms with van der Waals surface area (Å²) in [6.45, 7) is 0. The van der Waals surface area contributed by atoms with Crippen LogP contribution in [0.2, 0.25) is 0 Å². The highest BCUT2D eigenvalue weighted by molar-refractivity contribution is 7.60. The quantitative estimate of drug-likeness (QED) is 0.405. The van der Waals surface area contributed by atoms with Gasteiger partial charge < -0.3 is 9.79 Å². The summed E-state index contributed by atoms with van der Waals surface area (Å²) < 4.78 is 10.7. The van der Waals surface area contributed by atoms with E-state index in [9.17, 15) is 14.7 Å². The molecule has 0 aromatic heterocycles. The predicted octanol–water partition coefficient (Wildman–Crippen LogP) is 0.198. The van der Waals surface area contributed by atoms with E-state index >= 15 is 0 Å². The normalized spacial score (nSPS) is 11.2. The highest BCUT2D eigenvalue weighted by Gasteiger charge is 2.27. The molecular weight excluding hydrogens is 197 g/mol. The van der Waals surface area contributed by atoms with Crippen LogP contribution in [0.5, 0.6) is 0 Å². The molecule has 7 heteroatoms. The van der Waals surface area contributed by atoms with E-state index in [2.05, 4.69) is 6.07 Å². The fourth-order valence-corrected chi connectivity index (χ4v) is 1.50. The van der Waals surface area contributed by atoms with Crippen molar-refractivity contribution in [3.05, 3.63) is 34.4 Å². The lowest BCUT2D eigenvalue weighted by Gasteiger charge is -2.02. The van der Waals surface area contributed by atoms with Crippen molar-refractivity contribution in [3.63, 3.8) is 0 Å². The molecule has 0 heterocycles. The zero-order valence-corrected chi connectivity index (χ0v) is 7.14. The number of nitrogens with zero attached hydrogens (tertiary/aromatic N) is 1. The zero-order valence-electron chi connectivity index (χ0n) is 6.25. The molecule has 6 nitrogen and oxygen atoms in total. The van der Waals surface area contributed by atoms with Gasteiger partial charge in [0.15, 0.2) is 0 Å². The Bertz CT molecular complexity index is 384. The van der Waals surface area contributed by atoms with Crippen molar-refractivity contribution < 1.29 is 19.3 Å². The Morgan fingerprint density at radius 2 is 2.15 bits per heavy atom. The number of benzene rings is 1. The van der Waals surface area contributed by atoms with Gasteiger partial charge in [0.2, 0.25) is 0 Å². The molecule has 1 aromatic rings. The molecule has 0 fully saturated rings. The van der Waals surface area contributed by atoms with Crippen molar-refractivity contribution in [2.24, 2.45) is 0 Å². The largest absolute Gasteiger partial charge is 0.363 e. The van der Waals surface area contributed by atoms with Crippen LogP contribution in [-0.2, 0) is 4.57 Å². The summed E-state index contributed by atoms with van der Waals surface area (Å²) in [6, 6.07) is 5.67. The molecule has 0 aliphatic carbocycles. The van der Waals surface area contributed by atoms with Gasteiger partial charge in [0, 0.05) is 12.1 Å². The van der Waals surface area contributed by atoms with Crippen LogP contribution in [0.4, 0.5) is 5.69 Å². The molecule has 0 amide bonds. The van der Waals surface area contributed by atoms with E-state index in [1.165, 1.54) is 12.1 Å². The molecule has 1 rings (SSSR count). The summed E-state index contributed by atoms with van der Waals surface area (Å²) in [5, 5.41) is 9.63. The number of hydrogen-bond donors (Lipinski definition) is 2. The standard InChI is InChI=1S/C6H5NO5P/c8-7(9)5-3-1-2-4-6(5)13(10,11)12/h1-3H,(H2,10,11,12). The van der Waals surface area contributed by atoms with Crippen LogP contribution in [0.1, 0.15) is 0 Å². The second kappa shape index (κ2) is 3.26. The highest BCUT2D eigenvalue weighted by atomic mass is 31.2. The third-order valence-electron chi connectivity index (χ3n) is 1.30. The molecule has 0 aliphatic rings. The van der Waals surface area contributed by atoms with Crippen LogP contribution in [0.3, 0.4) is 0 Å². The van der Waals surface area contributed by atoms with Crippen LogP contribution in [0, 0.1) is 16.2 Å². The molecule has 13 heavy (non-hydrogen) atoms. The molecule has 2 N–H and O–H groups in total. The maximum atomic E-state index is 10.7. The number of rotatable bonds is 2. The smallest absolute Gasteiger partial charge is 0.321 e. The van der Waals surface area contributed by atoms with Crippen molar-refractivity contribution in [3.8, 4) is 0 Å². The van der Waals surface area contributed by atoms with Gasteiger partial charge in [-0.25, -0.2) is 0 Å². The van der Waals surface area contributed by atoms with Gasteiger partial charge in [-0.15, -0.1) is 0 Å². The first kappa shape index (κ1) is 9.85. The third kappa shape index (κ3) is 2.12. The molecule has 0 atom stereocenters. The molecular formula is C6H5NO5P. The lowest BCUT2D eigenvalue weighted by molar-refractivity contribution is -0.383. The summed E-state index contributed by atoms with van der Waals surface area (Å²) in [4.78, 5) is 26.8. The Morgan fingerprint density at radius 3 is 2.54 bits per heavy atom. The SMILES string of the molecule is O=[N+]([O-])c1ccc[c]c1P(=O)(O)O. The fraction of sp³-hybridized carbons (Fsp3) is 0. The summed E-state index contributed by atoms with van der Waals surface area (Å²) in [5.41, 5.74) is -0.615. The van der Waals surface area contributed by atoms with E-state index in [0.29, 0.717) is 0 Å². The van der Waals surface area contributed by atoms with Crippen molar-refractivity contribution in [2.45, 2.75) is 0 Å². The van der Waals surface area contributed by atoms with Crippen molar-refractivity contribution in [2.75, 3.05) is 0 Å². The Labute approximate surface area is 73.1 Å². The maximum Gasteiger partial charge on any atom is 0.363 e. The molecule has 0 saturated carbocycles. The Morgan fingerprint density at radius 1 is 1.54 bits per heavy atom. The molecule has 1 aromatic carbocycles. The molecule has 0 unspecified atom stereocenters. The zero-order chi connectivity index (χ0) is 10.1. The molecule has 69 valence electrons. The predicted molar refractivity (Wildman–Crippen MR) is 43.6 cm³/mol. The van der Waals surface area contributed by atoms with Crippen LogP contribution >= 0.6 is 7.60 Å². The minimum atomic E-state index is -4.61. The van der Waals surface area contributed by atoms with Gasteiger partial charge in [0.25, 0.3) is 5.69 Å². The number of nitro groups is 1. The lowest BCUT2D eigenvalue weighted by Crippen LogP contribution is -2.09. The van der Waals surface area contributed by atoms with Crippen molar-refractivity contribution >= 4 is 18.6 Å². The van der Waals surface area contributed by atoms with Gasteiger partial charge in [0.1, 0.15) is 5.30 Å². The number of nitro benzene ring substituents is 1. The fourth-order valence-electron chi connectivity index (χ4n) is 0.800. The minimum absolute atomic E-state index is 0.615. The second-order valence-corrected chi connectivity index (χ2v) is 3.74.